The normalized spacial score (nSPS) is 15.0. The smallest absolute Gasteiger partial charge is 0.418 e. The average molecular weight is 477 g/mol. The van der Waals surface area contributed by atoms with Crippen molar-refractivity contribution in [1.82, 2.24) is 4.90 Å². The van der Waals surface area contributed by atoms with Crippen LogP contribution in [0.5, 0.6) is 5.75 Å². The van der Waals surface area contributed by atoms with Gasteiger partial charge in [-0.2, -0.15) is 26.3 Å². The zero-order chi connectivity index (χ0) is 23.7. The average Bonchev–Trinajstić information content (AvgIpc) is 2.71. The van der Waals surface area contributed by atoms with Crippen molar-refractivity contribution in [2.45, 2.75) is 22.1 Å². The van der Waals surface area contributed by atoms with Crippen LogP contribution in [-0.4, -0.2) is 42.2 Å². The van der Waals surface area contributed by atoms with Crippen LogP contribution in [0.2, 0.25) is 0 Å². The maximum absolute atomic E-state index is 14.0. The van der Waals surface area contributed by atoms with E-state index in [1.165, 1.54) is 23.1 Å². The molecule has 172 valence electrons. The van der Waals surface area contributed by atoms with E-state index in [0.717, 1.165) is 18.2 Å². The number of hydrogen-bond donors (Lipinski definition) is 1. The minimum atomic E-state index is -5.41. The largest absolute Gasteiger partial charge is 0.508 e. The Labute approximate surface area is 183 Å². The topological polar surface area (TPSA) is 49.8 Å². The van der Waals surface area contributed by atoms with E-state index in [9.17, 15) is 36.2 Å². The van der Waals surface area contributed by atoms with Crippen molar-refractivity contribution in [2.75, 3.05) is 26.3 Å². The Hall–Kier alpha value is -2.66. The van der Waals surface area contributed by atoms with E-state index in [1.54, 1.807) is 0 Å². The summed E-state index contributed by atoms with van der Waals surface area (Å²) in [6.45, 7) is 3.90. The summed E-state index contributed by atoms with van der Waals surface area (Å²) < 4.78 is 88.7. The van der Waals surface area contributed by atoms with Crippen molar-refractivity contribution >= 4 is 23.2 Å². The van der Waals surface area contributed by atoms with Crippen molar-refractivity contribution in [3.8, 4) is 5.75 Å². The molecule has 2 aromatic carbocycles. The zero-order valence-electron chi connectivity index (χ0n) is 16.4. The van der Waals surface area contributed by atoms with E-state index in [4.69, 9.17) is 4.74 Å². The third kappa shape index (κ3) is 5.21. The first kappa shape index (κ1) is 24.0. The molecule has 1 amide bonds. The molecule has 4 nitrogen and oxygen atoms in total. The zero-order valence-corrected chi connectivity index (χ0v) is 17.2. The van der Waals surface area contributed by atoms with Crippen molar-refractivity contribution in [1.29, 1.82) is 0 Å². The van der Waals surface area contributed by atoms with Gasteiger partial charge in [-0.3, -0.25) is 4.79 Å². The van der Waals surface area contributed by atoms with Crippen molar-refractivity contribution in [2.24, 2.45) is 0 Å². The highest BCUT2D eigenvalue weighted by molar-refractivity contribution is 7.99. The standard InChI is InChI=1S/C21H17F6NO3S/c1-12(19(30)28-7-9-31-10-8-28)15-5-6-16(32-14-4-2-3-13(29)11-14)18(21(25,26)27)17(15)20(22,23)24/h2-6,11,29H,1,7-10H2. The molecule has 0 aliphatic carbocycles. The highest BCUT2D eigenvalue weighted by Crippen LogP contribution is 2.49. The summed E-state index contributed by atoms with van der Waals surface area (Å²) in [5, 5.41) is 9.53. The lowest BCUT2D eigenvalue weighted by molar-refractivity contribution is -0.163. The fourth-order valence-electron chi connectivity index (χ4n) is 3.24. The van der Waals surface area contributed by atoms with E-state index in [0.29, 0.717) is 11.8 Å². The summed E-state index contributed by atoms with van der Waals surface area (Å²) in [5.41, 5.74) is -5.49. The molecule has 0 aromatic heterocycles. The molecule has 0 saturated carbocycles. The van der Waals surface area contributed by atoms with Gasteiger partial charge in [0.2, 0.25) is 0 Å². The number of aromatic hydroxyl groups is 1. The molecular weight excluding hydrogens is 460 g/mol. The number of benzene rings is 2. The van der Waals surface area contributed by atoms with E-state index < -0.39 is 45.4 Å². The van der Waals surface area contributed by atoms with Gasteiger partial charge in [-0.1, -0.05) is 30.5 Å². The quantitative estimate of drug-likeness (QED) is 0.470. The Kier molecular flexibility index (Phi) is 6.80. The number of rotatable bonds is 4. The van der Waals surface area contributed by atoms with Gasteiger partial charge in [-0.25, -0.2) is 0 Å². The van der Waals surface area contributed by atoms with Crippen LogP contribution < -0.4 is 0 Å². The molecule has 0 bridgehead atoms. The van der Waals surface area contributed by atoms with Gasteiger partial charge in [-0.15, -0.1) is 0 Å². The second kappa shape index (κ2) is 9.07. The molecule has 1 N–H and O–H groups in total. The summed E-state index contributed by atoms with van der Waals surface area (Å²) >= 11 is 0.421. The number of amides is 1. The molecule has 11 heteroatoms. The summed E-state index contributed by atoms with van der Waals surface area (Å²) in [6.07, 6.45) is -10.8. The van der Waals surface area contributed by atoms with E-state index in [-0.39, 0.29) is 36.9 Å². The molecule has 1 aliphatic rings. The highest BCUT2D eigenvalue weighted by atomic mass is 32.2. The van der Waals surface area contributed by atoms with Crippen molar-refractivity contribution < 1.29 is 41.0 Å². The number of ether oxygens (including phenoxy) is 1. The first-order valence-corrected chi connectivity index (χ1v) is 10.1. The van der Waals surface area contributed by atoms with Crippen LogP contribution in [-0.2, 0) is 21.9 Å². The van der Waals surface area contributed by atoms with Gasteiger partial charge in [-0.05, 0) is 29.8 Å². The van der Waals surface area contributed by atoms with Crippen molar-refractivity contribution in [3.05, 3.63) is 59.7 Å². The first-order chi connectivity index (χ1) is 14.9. The third-order valence-electron chi connectivity index (χ3n) is 4.66. The Morgan fingerprint density at radius 2 is 1.62 bits per heavy atom. The lowest BCUT2D eigenvalue weighted by Crippen LogP contribution is -2.41. The second-order valence-electron chi connectivity index (χ2n) is 6.84. The molecule has 0 spiro atoms. The number of halogens is 6. The SMILES string of the molecule is C=C(C(=O)N1CCOCC1)c1ccc(Sc2cccc(O)c2)c(C(F)(F)F)c1C(F)(F)F. The summed E-state index contributed by atoms with van der Waals surface area (Å²) in [4.78, 5) is 13.2. The molecule has 0 atom stereocenters. The maximum Gasteiger partial charge on any atom is 0.418 e. The number of phenolic OH excluding ortho intramolecular Hbond substituents is 1. The Balaban J connectivity index is 2.14. The van der Waals surface area contributed by atoms with Gasteiger partial charge >= 0.3 is 12.4 Å². The molecule has 3 rings (SSSR count). The number of hydrogen-bond acceptors (Lipinski definition) is 4. The van der Waals surface area contributed by atoms with Crippen LogP contribution in [0.15, 0.2) is 52.8 Å². The number of alkyl halides is 6. The first-order valence-electron chi connectivity index (χ1n) is 9.24. The predicted molar refractivity (Wildman–Crippen MR) is 105 cm³/mol. The van der Waals surface area contributed by atoms with E-state index in [2.05, 4.69) is 6.58 Å². The van der Waals surface area contributed by atoms with Crippen LogP contribution in [0.1, 0.15) is 16.7 Å². The van der Waals surface area contributed by atoms with Gasteiger partial charge in [0.15, 0.2) is 0 Å². The Morgan fingerprint density at radius 1 is 1.00 bits per heavy atom. The van der Waals surface area contributed by atoms with Crippen LogP contribution >= 0.6 is 11.8 Å². The fraction of sp³-hybridized carbons (Fsp3) is 0.286. The third-order valence-corrected chi connectivity index (χ3v) is 5.71. The summed E-state index contributed by atoms with van der Waals surface area (Å²) in [6, 6.07) is 6.82. The number of carbonyl (C=O) groups excluding carboxylic acids is 1. The lowest BCUT2D eigenvalue weighted by Gasteiger charge is -2.29. The van der Waals surface area contributed by atoms with Crippen LogP contribution in [0.25, 0.3) is 5.57 Å². The monoisotopic (exact) mass is 477 g/mol. The molecule has 2 aromatic rings. The molecule has 1 aliphatic heterocycles. The van der Waals surface area contributed by atoms with Crippen molar-refractivity contribution in [3.63, 3.8) is 0 Å². The van der Waals surface area contributed by atoms with E-state index >= 15 is 0 Å². The molecular formula is C21H17F6NO3S. The lowest BCUT2D eigenvalue weighted by atomic mass is 9.94. The molecule has 1 saturated heterocycles. The van der Waals surface area contributed by atoms with Crippen LogP contribution in [0.3, 0.4) is 0 Å². The van der Waals surface area contributed by atoms with E-state index in [1.807, 2.05) is 0 Å². The van der Waals surface area contributed by atoms with Gasteiger partial charge in [0.05, 0.1) is 24.3 Å². The number of carbonyl (C=O) groups is 1. The molecule has 0 radical (unpaired) electrons. The summed E-state index contributed by atoms with van der Waals surface area (Å²) in [5.74, 6) is -1.14. The van der Waals surface area contributed by atoms with Crippen LogP contribution in [0, 0.1) is 0 Å². The maximum atomic E-state index is 14.0. The molecule has 0 unspecified atom stereocenters. The molecule has 1 fully saturated rings. The molecule has 32 heavy (non-hydrogen) atoms. The van der Waals surface area contributed by atoms with Gasteiger partial charge in [0.25, 0.3) is 5.91 Å². The number of nitrogens with zero attached hydrogens (tertiary/aromatic N) is 1. The van der Waals surface area contributed by atoms with Crippen LogP contribution in [0.4, 0.5) is 26.3 Å². The number of morpholine rings is 1. The Morgan fingerprint density at radius 3 is 2.19 bits per heavy atom. The highest BCUT2D eigenvalue weighted by Gasteiger charge is 2.47. The fourth-order valence-corrected chi connectivity index (χ4v) is 4.28. The second-order valence-corrected chi connectivity index (χ2v) is 7.95. The van der Waals surface area contributed by atoms with Gasteiger partial charge in [0, 0.05) is 28.5 Å². The minimum absolute atomic E-state index is 0.0940. The molecule has 1 heterocycles. The van der Waals surface area contributed by atoms with Gasteiger partial charge < -0.3 is 14.7 Å². The number of phenols is 1. The van der Waals surface area contributed by atoms with Gasteiger partial charge in [0.1, 0.15) is 5.75 Å². The summed E-state index contributed by atoms with van der Waals surface area (Å²) in [7, 11) is 0. The minimum Gasteiger partial charge on any atom is -0.508 e. The predicted octanol–water partition coefficient (Wildman–Crippen LogP) is 5.45. The Bertz CT molecular complexity index is 1030.